The van der Waals surface area contributed by atoms with Crippen LogP contribution in [0.4, 0.5) is 11.4 Å². The van der Waals surface area contributed by atoms with Gasteiger partial charge in [0.1, 0.15) is 0 Å². The Hall–Kier alpha value is -3.77. The van der Waals surface area contributed by atoms with Gasteiger partial charge in [-0.15, -0.1) is 0 Å². The van der Waals surface area contributed by atoms with E-state index in [-0.39, 0.29) is 27.2 Å². The van der Waals surface area contributed by atoms with E-state index in [0.717, 1.165) is 21.8 Å². The third kappa shape index (κ3) is 4.30. The van der Waals surface area contributed by atoms with Gasteiger partial charge in [-0.2, -0.15) is 0 Å². The van der Waals surface area contributed by atoms with Crippen LogP contribution in [0.15, 0.2) is 76.8 Å². The van der Waals surface area contributed by atoms with Crippen molar-refractivity contribution in [2.75, 3.05) is 0 Å². The molecule has 168 valence electrons. The highest BCUT2D eigenvalue weighted by Gasteiger charge is 2.28. The molecule has 1 heterocycles. The van der Waals surface area contributed by atoms with Crippen molar-refractivity contribution < 1.29 is 18.3 Å². The summed E-state index contributed by atoms with van der Waals surface area (Å²) in [4.78, 5) is 25.4. The summed E-state index contributed by atoms with van der Waals surface area (Å²) < 4.78 is 28.4. The third-order valence-electron chi connectivity index (χ3n) is 4.88. The first-order valence-electron chi connectivity index (χ1n) is 9.53. The van der Waals surface area contributed by atoms with Gasteiger partial charge in [-0.25, -0.2) is 17.4 Å². The van der Waals surface area contributed by atoms with Gasteiger partial charge in [0, 0.05) is 30.0 Å². The van der Waals surface area contributed by atoms with Crippen molar-refractivity contribution in [2.24, 2.45) is 0 Å². The second-order valence-corrected chi connectivity index (χ2v) is 9.77. The number of aryl methyl sites for hydroxylation is 1. The van der Waals surface area contributed by atoms with E-state index in [2.05, 4.69) is 4.98 Å². The summed E-state index contributed by atoms with van der Waals surface area (Å²) in [6.07, 6.45) is 0. The van der Waals surface area contributed by atoms with Gasteiger partial charge >= 0.3 is 0 Å². The number of imidazole rings is 1. The van der Waals surface area contributed by atoms with Crippen molar-refractivity contribution >= 4 is 44.2 Å². The van der Waals surface area contributed by atoms with E-state index in [1.807, 2.05) is 0 Å². The Labute approximate surface area is 192 Å². The van der Waals surface area contributed by atoms with Crippen molar-refractivity contribution in [1.82, 2.24) is 8.96 Å². The van der Waals surface area contributed by atoms with Crippen LogP contribution >= 0.6 is 11.8 Å². The summed E-state index contributed by atoms with van der Waals surface area (Å²) >= 11 is 1.10. The fourth-order valence-electron chi connectivity index (χ4n) is 3.29. The van der Waals surface area contributed by atoms with Crippen molar-refractivity contribution in [2.45, 2.75) is 22.7 Å². The monoisotopic (exact) mass is 484 g/mol. The number of para-hydroxylation sites is 2. The predicted octanol–water partition coefficient (Wildman–Crippen LogP) is 4.69. The molecule has 12 heteroatoms. The van der Waals surface area contributed by atoms with Crippen LogP contribution in [0.25, 0.3) is 11.0 Å². The molecule has 0 spiro atoms. The quantitative estimate of drug-likeness (QED) is 0.209. The van der Waals surface area contributed by atoms with Crippen LogP contribution in [-0.4, -0.2) is 27.2 Å². The molecule has 33 heavy (non-hydrogen) atoms. The van der Waals surface area contributed by atoms with E-state index >= 15 is 0 Å². The number of aromatic nitrogens is 2. The average molecular weight is 485 g/mol. The van der Waals surface area contributed by atoms with Crippen LogP contribution in [0, 0.1) is 27.2 Å². The lowest BCUT2D eigenvalue weighted by atomic mass is 10.2. The zero-order valence-electron chi connectivity index (χ0n) is 17.1. The van der Waals surface area contributed by atoms with Crippen molar-refractivity contribution in [3.05, 3.63) is 98.1 Å². The maximum atomic E-state index is 13.7. The molecule has 1 aromatic heterocycles. The summed E-state index contributed by atoms with van der Waals surface area (Å²) in [7, 11) is -4.24. The number of thioether (sulfide) groups is 1. The predicted molar refractivity (Wildman–Crippen MR) is 123 cm³/mol. The fraction of sp³-hybridized carbons (Fsp3) is 0.0952. The molecule has 0 atom stereocenters. The standard InChI is InChI=1S/C21H16N4O6S2/c1-14-9-10-17(25(28)29)12-20(14)33(30,31)23-19-8-3-2-7-18(19)22-21(23)32-13-15-5-4-6-16(11-15)24(26)27/h2-12H,13H2,1H3. The molecular weight excluding hydrogens is 468 g/mol. The van der Waals surface area contributed by atoms with E-state index < -0.39 is 19.9 Å². The molecule has 0 aliphatic carbocycles. The Morgan fingerprint density at radius 1 is 0.939 bits per heavy atom. The first-order valence-corrected chi connectivity index (χ1v) is 12.0. The number of benzene rings is 3. The molecule has 3 aromatic carbocycles. The number of nitro benzene ring substituents is 2. The minimum Gasteiger partial charge on any atom is -0.258 e. The summed E-state index contributed by atoms with van der Waals surface area (Å²) in [5, 5.41) is 22.4. The first-order chi connectivity index (χ1) is 15.7. The number of fused-ring (bicyclic) bond motifs is 1. The number of rotatable bonds is 7. The summed E-state index contributed by atoms with van der Waals surface area (Å²) in [6, 6.07) is 16.4. The van der Waals surface area contributed by atoms with Gasteiger partial charge in [0.15, 0.2) is 5.16 Å². The molecule has 0 unspecified atom stereocenters. The number of nitrogens with zero attached hydrogens (tertiary/aromatic N) is 4. The largest absolute Gasteiger partial charge is 0.270 e. The molecule has 0 aliphatic heterocycles. The SMILES string of the molecule is Cc1ccc([N+](=O)[O-])cc1S(=O)(=O)n1c(SCc2cccc([N+](=O)[O-])c2)nc2ccccc21. The second-order valence-electron chi connectivity index (χ2n) is 7.08. The fourth-order valence-corrected chi connectivity index (χ4v) is 6.20. The average Bonchev–Trinajstić information content (AvgIpc) is 3.17. The zero-order valence-corrected chi connectivity index (χ0v) is 18.7. The highest BCUT2D eigenvalue weighted by Crippen LogP contribution is 2.33. The van der Waals surface area contributed by atoms with Gasteiger partial charge in [-0.05, 0) is 30.2 Å². The zero-order chi connectivity index (χ0) is 23.8. The van der Waals surface area contributed by atoms with E-state index in [1.165, 1.54) is 24.3 Å². The van der Waals surface area contributed by atoms with E-state index in [1.54, 1.807) is 43.3 Å². The van der Waals surface area contributed by atoms with Crippen molar-refractivity contribution in [3.63, 3.8) is 0 Å². The Morgan fingerprint density at radius 3 is 2.36 bits per heavy atom. The molecule has 0 saturated carbocycles. The summed E-state index contributed by atoms with van der Waals surface area (Å²) in [6.45, 7) is 1.56. The van der Waals surface area contributed by atoms with Gasteiger partial charge in [-0.3, -0.25) is 20.2 Å². The Kier molecular flexibility index (Phi) is 5.87. The number of non-ortho nitro benzene ring substituents is 2. The molecule has 10 nitrogen and oxygen atoms in total. The lowest BCUT2D eigenvalue weighted by molar-refractivity contribution is -0.385. The topological polar surface area (TPSA) is 138 Å². The van der Waals surface area contributed by atoms with E-state index in [9.17, 15) is 28.6 Å². The normalized spacial score (nSPS) is 11.5. The van der Waals surface area contributed by atoms with Gasteiger partial charge in [0.2, 0.25) is 0 Å². The maximum absolute atomic E-state index is 13.7. The van der Waals surface area contributed by atoms with E-state index in [0.29, 0.717) is 22.2 Å². The Morgan fingerprint density at radius 2 is 1.64 bits per heavy atom. The lowest BCUT2D eigenvalue weighted by Gasteiger charge is -2.12. The third-order valence-corrected chi connectivity index (χ3v) is 7.85. The summed E-state index contributed by atoms with van der Waals surface area (Å²) in [5.74, 6) is 0.231. The van der Waals surface area contributed by atoms with Crippen LogP contribution in [0.5, 0.6) is 0 Å². The molecule has 0 N–H and O–H groups in total. The van der Waals surface area contributed by atoms with Crippen molar-refractivity contribution in [1.29, 1.82) is 0 Å². The smallest absolute Gasteiger partial charge is 0.258 e. The molecule has 4 rings (SSSR count). The molecule has 0 aliphatic rings. The lowest BCUT2D eigenvalue weighted by Crippen LogP contribution is -2.15. The second kappa shape index (κ2) is 8.64. The molecule has 0 saturated heterocycles. The van der Waals surface area contributed by atoms with Crippen LogP contribution in [0.3, 0.4) is 0 Å². The Balaban J connectivity index is 1.82. The molecular formula is C21H16N4O6S2. The van der Waals surface area contributed by atoms with Crippen LogP contribution in [-0.2, 0) is 15.8 Å². The van der Waals surface area contributed by atoms with Gasteiger partial charge in [0.25, 0.3) is 21.4 Å². The van der Waals surface area contributed by atoms with Gasteiger partial charge in [0.05, 0.1) is 25.8 Å². The van der Waals surface area contributed by atoms with Crippen LogP contribution < -0.4 is 0 Å². The number of nitro groups is 2. The summed E-state index contributed by atoms with van der Waals surface area (Å²) in [5.41, 5.74) is 1.33. The van der Waals surface area contributed by atoms with Crippen molar-refractivity contribution in [3.8, 4) is 0 Å². The molecule has 0 radical (unpaired) electrons. The molecule has 0 fully saturated rings. The minimum absolute atomic E-state index is 0.0681. The van der Waals surface area contributed by atoms with Gasteiger partial charge in [-0.1, -0.05) is 42.1 Å². The highest BCUT2D eigenvalue weighted by atomic mass is 32.2. The molecule has 0 amide bonds. The number of hydrogen-bond donors (Lipinski definition) is 0. The van der Waals surface area contributed by atoms with Crippen LogP contribution in [0.2, 0.25) is 0 Å². The van der Waals surface area contributed by atoms with E-state index in [4.69, 9.17) is 0 Å². The molecule has 4 aromatic rings. The Bertz CT molecular complexity index is 1510. The van der Waals surface area contributed by atoms with Crippen LogP contribution in [0.1, 0.15) is 11.1 Å². The maximum Gasteiger partial charge on any atom is 0.270 e. The number of hydrogen-bond acceptors (Lipinski definition) is 8. The highest BCUT2D eigenvalue weighted by molar-refractivity contribution is 7.99. The molecule has 0 bridgehead atoms. The van der Waals surface area contributed by atoms with Gasteiger partial charge < -0.3 is 0 Å². The first kappa shape index (κ1) is 22.4. The minimum atomic E-state index is -4.24.